The Labute approximate surface area is 123 Å². The van der Waals surface area contributed by atoms with Crippen LogP contribution in [-0.2, 0) is 14.8 Å². The maximum Gasteiger partial charge on any atom is 0.339 e. The lowest BCUT2D eigenvalue weighted by Crippen LogP contribution is -2.26. The Hall–Kier alpha value is -1.64. The highest BCUT2D eigenvalue weighted by atomic mass is 32.2. The van der Waals surface area contributed by atoms with E-state index in [-0.39, 0.29) is 22.8 Å². The Bertz CT molecular complexity index is 584. The average molecular weight is 317 g/mol. The number of carbonyl (C=O) groups is 1. The molecular formula is C13H19NO6S. The predicted molar refractivity (Wildman–Crippen MR) is 76.3 cm³/mol. The lowest BCUT2D eigenvalue weighted by molar-refractivity contribution is 0.0693. The fourth-order valence-corrected chi connectivity index (χ4v) is 2.73. The van der Waals surface area contributed by atoms with Crippen LogP contribution in [0, 0.1) is 0 Å². The summed E-state index contributed by atoms with van der Waals surface area (Å²) in [5.74, 6) is -1.14. The van der Waals surface area contributed by atoms with Crippen molar-refractivity contribution in [3.63, 3.8) is 0 Å². The third kappa shape index (κ3) is 5.00. The molecule has 0 radical (unpaired) electrons. The van der Waals surface area contributed by atoms with E-state index in [4.69, 9.17) is 14.6 Å². The van der Waals surface area contributed by atoms with Gasteiger partial charge < -0.3 is 14.6 Å². The number of ether oxygens (including phenoxy) is 2. The fourth-order valence-electron chi connectivity index (χ4n) is 1.63. The highest BCUT2D eigenvalue weighted by molar-refractivity contribution is 7.89. The molecular weight excluding hydrogens is 298 g/mol. The molecule has 7 nitrogen and oxygen atoms in total. The summed E-state index contributed by atoms with van der Waals surface area (Å²) in [6.07, 6.45) is 0.537. The van der Waals surface area contributed by atoms with Crippen LogP contribution in [0.3, 0.4) is 0 Å². The van der Waals surface area contributed by atoms with Gasteiger partial charge in [0.05, 0.1) is 12.0 Å². The van der Waals surface area contributed by atoms with Crippen LogP contribution in [-0.4, -0.2) is 46.4 Å². The van der Waals surface area contributed by atoms with Crippen molar-refractivity contribution >= 4 is 16.0 Å². The molecule has 0 saturated heterocycles. The van der Waals surface area contributed by atoms with Gasteiger partial charge in [0.25, 0.3) is 0 Å². The van der Waals surface area contributed by atoms with Crippen LogP contribution in [0.1, 0.15) is 23.7 Å². The number of benzene rings is 1. The summed E-state index contributed by atoms with van der Waals surface area (Å²) in [7, 11) is -2.43. The zero-order valence-corrected chi connectivity index (χ0v) is 12.8. The molecule has 21 heavy (non-hydrogen) atoms. The highest BCUT2D eigenvalue weighted by Gasteiger charge is 2.18. The van der Waals surface area contributed by atoms with E-state index in [0.717, 1.165) is 6.07 Å². The Kier molecular flexibility index (Phi) is 6.60. The molecule has 0 spiro atoms. The molecule has 0 aliphatic carbocycles. The van der Waals surface area contributed by atoms with E-state index in [2.05, 4.69) is 4.72 Å². The Morgan fingerprint density at radius 2 is 2.10 bits per heavy atom. The van der Waals surface area contributed by atoms with Gasteiger partial charge in [-0.05, 0) is 31.5 Å². The van der Waals surface area contributed by atoms with Crippen molar-refractivity contribution in [3.8, 4) is 5.75 Å². The molecule has 1 aromatic rings. The van der Waals surface area contributed by atoms with Gasteiger partial charge in [-0.1, -0.05) is 0 Å². The number of carboxylic acids is 1. The number of methoxy groups -OCH3 is 1. The van der Waals surface area contributed by atoms with E-state index in [0.29, 0.717) is 19.6 Å². The molecule has 0 aliphatic heterocycles. The normalized spacial score (nSPS) is 11.3. The molecule has 0 atom stereocenters. The standard InChI is InChI=1S/C13H19NO6S/c1-3-20-8-4-7-14-21(17,18)10-5-6-12(19-2)11(9-10)13(15)16/h5-6,9,14H,3-4,7-8H2,1-2H3,(H,15,16). The molecule has 0 bridgehead atoms. The molecule has 0 aliphatic rings. The van der Waals surface area contributed by atoms with Crippen LogP contribution >= 0.6 is 0 Å². The summed E-state index contributed by atoms with van der Waals surface area (Å²) in [6.45, 7) is 3.11. The number of hydrogen-bond donors (Lipinski definition) is 2. The van der Waals surface area contributed by atoms with E-state index < -0.39 is 16.0 Å². The quantitative estimate of drug-likeness (QED) is 0.661. The summed E-state index contributed by atoms with van der Waals surface area (Å²) < 4.78 is 36.5. The lowest BCUT2D eigenvalue weighted by atomic mass is 10.2. The summed E-state index contributed by atoms with van der Waals surface area (Å²) in [5, 5.41) is 9.05. The molecule has 8 heteroatoms. The lowest BCUT2D eigenvalue weighted by Gasteiger charge is -2.10. The van der Waals surface area contributed by atoms with E-state index in [1.165, 1.54) is 19.2 Å². The van der Waals surface area contributed by atoms with Crippen molar-refractivity contribution in [2.75, 3.05) is 26.9 Å². The van der Waals surface area contributed by atoms with Gasteiger partial charge in [0, 0.05) is 19.8 Å². The third-order valence-electron chi connectivity index (χ3n) is 2.67. The molecule has 118 valence electrons. The smallest absolute Gasteiger partial charge is 0.339 e. The molecule has 1 aromatic carbocycles. The van der Waals surface area contributed by atoms with Crippen LogP contribution in [0.15, 0.2) is 23.1 Å². The molecule has 0 amide bonds. The molecule has 1 rings (SSSR count). The molecule has 0 unspecified atom stereocenters. The highest BCUT2D eigenvalue weighted by Crippen LogP contribution is 2.22. The SMILES string of the molecule is CCOCCCNS(=O)(=O)c1ccc(OC)c(C(=O)O)c1. The number of hydrogen-bond acceptors (Lipinski definition) is 5. The summed E-state index contributed by atoms with van der Waals surface area (Å²) >= 11 is 0. The van der Waals surface area contributed by atoms with Crippen LogP contribution in [0.25, 0.3) is 0 Å². The van der Waals surface area contributed by atoms with Gasteiger partial charge in [-0.3, -0.25) is 0 Å². The molecule has 0 saturated carbocycles. The molecule has 0 aromatic heterocycles. The van der Waals surface area contributed by atoms with Crippen molar-refractivity contribution < 1.29 is 27.8 Å². The van der Waals surface area contributed by atoms with Gasteiger partial charge in [0.1, 0.15) is 11.3 Å². The largest absolute Gasteiger partial charge is 0.496 e. The fraction of sp³-hybridized carbons (Fsp3) is 0.462. The molecule has 0 fully saturated rings. The first kappa shape index (κ1) is 17.4. The van der Waals surface area contributed by atoms with Crippen molar-refractivity contribution in [1.29, 1.82) is 0 Å². The van der Waals surface area contributed by atoms with Gasteiger partial charge in [-0.25, -0.2) is 17.9 Å². The first-order valence-corrected chi connectivity index (χ1v) is 7.89. The van der Waals surface area contributed by atoms with Gasteiger partial charge in [-0.15, -0.1) is 0 Å². The minimum Gasteiger partial charge on any atom is -0.496 e. The van der Waals surface area contributed by atoms with Crippen LogP contribution in [0.2, 0.25) is 0 Å². The zero-order valence-electron chi connectivity index (χ0n) is 12.0. The first-order valence-electron chi connectivity index (χ1n) is 6.41. The molecule has 0 heterocycles. The minimum absolute atomic E-state index is 0.109. The number of nitrogens with one attached hydrogen (secondary N) is 1. The van der Waals surface area contributed by atoms with E-state index in [1.54, 1.807) is 0 Å². The number of sulfonamides is 1. The van der Waals surface area contributed by atoms with Crippen molar-refractivity contribution in [1.82, 2.24) is 4.72 Å². The number of aromatic carboxylic acids is 1. The maximum absolute atomic E-state index is 12.1. The van der Waals surface area contributed by atoms with Crippen LogP contribution in [0.4, 0.5) is 0 Å². The summed E-state index contributed by atoms with van der Waals surface area (Å²) in [6, 6.07) is 3.69. The number of rotatable bonds is 9. The van der Waals surface area contributed by atoms with Crippen LogP contribution in [0.5, 0.6) is 5.75 Å². The summed E-state index contributed by atoms with van der Waals surface area (Å²) in [5.41, 5.74) is -0.199. The number of carboxylic acid groups (broad SMARTS) is 1. The predicted octanol–water partition coefficient (Wildman–Crippen LogP) is 1.10. The molecule has 2 N–H and O–H groups in total. The zero-order chi connectivity index (χ0) is 15.9. The van der Waals surface area contributed by atoms with Gasteiger partial charge >= 0.3 is 5.97 Å². The minimum atomic E-state index is -3.75. The van der Waals surface area contributed by atoms with Gasteiger partial charge in [0.15, 0.2) is 0 Å². The Morgan fingerprint density at radius 3 is 2.67 bits per heavy atom. The third-order valence-corrected chi connectivity index (χ3v) is 4.13. The second kappa shape index (κ2) is 7.96. The van der Waals surface area contributed by atoms with E-state index in [1.807, 2.05) is 6.92 Å². The Morgan fingerprint density at radius 1 is 1.38 bits per heavy atom. The van der Waals surface area contributed by atoms with Crippen molar-refractivity contribution in [3.05, 3.63) is 23.8 Å². The topological polar surface area (TPSA) is 102 Å². The van der Waals surface area contributed by atoms with Crippen molar-refractivity contribution in [2.24, 2.45) is 0 Å². The monoisotopic (exact) mass is 317 g/mol. The average Bonchev–Trinajstić information content (AvgIpc) is 2.46. The van der Waals surface area contributed by atoms with Gasteiger partial charge in [-0.2, -0.15) is 0 Å². The van der Waals surface area contributed by atoms with E-state index >= 15 is 0 Å². The van der Waals surface area contributed by atoms with Crippen molar-refractivity contribution in [2.45, 2.75) is 18.2 Å². The summed E-state index contributed by atoms with van der Waals surface area (Å²) in [4.78, 5) is 11.0. The second-order valence-corrected chi connectivity index (χ2v) is 5.88. The maximum atomic E-state index is 12.1. The van der Waals surface area contributed by atoms with E-state index in [9.17, 15) is 13.2 Å². The Balaban J connectivity index is 2.83. The van der Waals surface area contributed by atoms with Gasteiger partial charge in [0.2, 0.25) is 10.0 Å². The van der Waals surface area contributed by atoms with Crippen LogP contribution < -0.4 is 9.46 Å². The first-order chi connectivity index (χ1) is 9.92. The second-order valence-electron chi connectivity index (χ2n) is 4.12.